The smallest absolute Gasteiger partial charge is 0.161 e. The summed E-state index contributed by atoms with van der Waals surface area (Å²) in [5.41, 5.74) is 0. The molecule has 0 spiro atoms. The van der Waals surface area contributed by atoms with Gasteiger partial charge in [0.2, 0.25) is 0 Å². The number of ether oxygens (including phenoxy) is 10. The Morgan fingerprint density at radius 3 is 0.894 bits per heavy atom. The predicted octanol–water partition coefficient (Wildman–Crippen LogP) is 3.72. The summed E-state index contributed by atoms with van der Waals surface area (Å²) in [6.07, 6.45) is 0. The van der Waals surface area contributed by atoms with Crippen LogP contribution >= 0.6 is 0 Å². The molecule has 0 bridgehead atoms. The fraction of sp³-hybridized carbons (Fsp3) is 0.647. The van der Waals surface area contributed by atoms with E-state index in [1.54, 1.807) is 0 Å². The largest absolute Gasteiger partial charge is 0.487 e. The molecule has 2 aliphatic rings. The van der Waals surface area contributed by atoms with Crippen LogP contribution in [0.1, 0.15) is 0 Å². The van der Waals surface area contributed by atoms with Crippen LogP contribution < -0.4 is 29.3 Å². The van der Waals surface area contributed by atoms with Crippen LogP contribution in [0, 0.1) is 0 Å². The lowest BCUT2D eigenvalue weighted by Gasteiger charge is -2.49. The highest BCUT2D eigenvalue weighted by Crippen LogP contribution is 2.34. The van der Waals surface area contributed by atoms with Gasteiger partial charge in [0.1, 0.15) is 26.4 Å². The summed E-state index contributed by atoms with van der Waals surface area (Å²) in [5, 5.41) is 2.77. The molecule has 0 saturated heterocycles. The van der Waals surface area contributed by atoms with Crippen molar-refractivity contribution in [3.05, 3.63) is 36.4 Å². The summed E-state index contributed by atoms with van der Waals surface area (Å²) in [5.74, 6) is 3.02. The zero-order valence-corrected chi connectivity index (χ0v) is 32.4. The van der Waals surface area contributed by atoms with Crippen molar-refractivity contribution in [2.75, 3.05) is 106 Å². The van der Waals surface area contributed by atoms with Gasteiger partial charge in [-0.05, 0) is 24.3 Å². The van der Waals surface area contributed by atoms with Gasteiger partial charge in [-0.2, -0.15) is 0 Å². The zero-order chi connectivity index (χ0) is 33.6. The Balaban J connectivity index is 1.56. The third kappa shape index (κ3) is 10.5. The van der Waals surface area contributed by atoms with E-state index in [-0.39, 0.29) is 0 Å². The molecule has 0 atom stereocenters. The number of benzene rings is 2. The molecule has 13 heteroatoms. The van der Waals surface area contributed by atoms with Crippen molar-refractivity contribution in [1.29, 1.82) is 0 Å². The van der Waals surface area contributed by atoms with Crippen LogP contribution in [-0.2, 0) is 28.4 Å². The van der Waals surface area contributed by atoms with E-state index >= 15 is 0 Å². The van der Waals surface area contributed by atoms with Crippen molar-refractivity contribution in [2.45, 2.75) is 39.3 Å². The average Bonchev–Trinajstić information content (AvgIpc) is 3.07. The highest BCUT2D eigenvalue weighted by Gasteiger charge is 2.54. The molecule has 2 aliphatic heterocycles. The Morgan fingerprint density at radius 1 is 0.340 bits per heavy atom. The molecule has 4 rings (SSSR count). The lowest BCUT2D eigenvalue weighted by atomic mass is 10.3. The Labute approximate surface area is 283 Å². The fourth-order valence-electron chi connectivity index (χ4n) is 5.69. The first-order chi connectivity index (χ1) is 22.6. The van der Waals surface area contributed by atoms with Gasteiger partial charge in [-0.25, -0.2) is 0 Å². The molecule has 264 valence electrons. The van der Waals surface area contributed by atoms with Crippen molar-refractivity contribution in [3.63, 3.8) is 0 Å². The maximum atomic E-state index is 6.29. The number of fused-ring (bicyclic) bond motifs is 2. The number of rotatable bonds is 4. The van der Waals surface area contributed by atoms with Gasteiger partial charge in [-0.3, -0.25) is 0 Å². The van der Waals surface area contributed by atoms with Gasteiger partial charge in [0.15, 0.2) is 23.0 Å². The van der Waals surface area contributed by atoms with E-state index in [0.717, 1.165) is 23.0 Å². The van der Waals surface area contributed by atoms with Crippen molar-refractivity contribution in [2.24, 2.45) is 0 Å². The molecular weight excluding hydrogens is 653 g/mol. The highest BCUT2D eigenvalue weighted by atomic mass is 29.6. The molecule has 0 unspecified atom stereocenters. The minimum absolute atomic E-state index is 0.446. The molecule has 0 N–H and O–H groups in total. The Bertz CT molecular complexity index is 1140. The predicted molar refractivity (Wildman–Crippen MR) is 191 cm³/mol. The molecule has 0 aliphatic carbocycles. The maximum absolute atomic E-state index is 6.29. The van der Waals surface area contributed by atoms with E-state index in [9.17, 15) is 0 Å². The van der Waals surface area contributed by atoms with E-state index in [1.165, 1.54) is 10.4 Å². The average molecular weight is 709 g/mol. The Morgan fingerprint density at radius 2 is 0.596 bits per heavy atom. The summed E-state index contributed by atoms with van der Waals surface area (Å²) in [7, 11) is -5.91. The van der Waals surface area contributed by atoms with Gasteiger partial charge in [-0.15, -0.1) is 0 Å². The molecular formula is C34H56O10Si3. The third-order valence-corrected chi connectivity index (χ3v) is 51.4. The Hall–Kier alpha value is -1.95. The van der Waals surface area contributed by atoms with Gasteiger partial charge in [0.05, 0.1) is 94.5 Å². The lowest BCUT2D eigenvalue weighted by molar-refractivity contribution is 0.00708. The van der Waals surface area contributed by atoms with Crippen molar-refractivity contribution in [1.82, 2.24) is 0 Å². The van der Waals surface area contributed by atoms with Gasteiger partial charge in [0, 0.05) is 7.11 Å². The molecule has 2 heterocycles. The molecule has 0 radical (unpaired) electrons. The first-order valence-electron chi connectivity index (χ1n) is 16.9. The van der Waals surface area contributed by atoms with E-state index < -0.39 is 22.3 Å². The monoisotopic (exact) mass is 708 g/mol. The van der Waals surface area contributed by atoms with E-state index in [0.29, 0.717) is 106 Å². The molecule has 2 aromatic carbocycles. The van der Waals surface area contributed by atoms with E-state index in [1.807, 2.05) is 0 Å². The van der Waals surface area contributed by atoms with E-state index in [2.05, 4.69) is 75.7 Å². The first-order valence-corrected chi connectivity index (χ1v) is 27.9. The minimum atomic E-state index is -2.00. The molecule has 10 nitrogen and oxygen atoms in total. The summed E-state index contributed by atoms with van der Waals surface area (Å²) in [6, 6.07) is 13.2. The quantitative estimate of drug-likeness (QED) is 0.438. The third-order valence-electron chi connectivity index (χ3n) is 9.88. The van der Waals surface area contributed by atoms with Crippen LogP contribution in [0.25, 0.3) is 0 Å². The van der Waals surface area contributed by atoms with Crippen molar-refractivity contribution < 1.29 is 47.4 Å². The van der Waals surface area contributed by atoms with Crippen LogP contribution in [0.2, 0.25) is 39.3 Å². The molecule has 0 aromatic heterocycles. The minimum Gasteiger partial charge on any atom is -0.487 e. The van der Waals surface area contributed by atoms with Crippen LogP contribution in [0.4, 0.5) is 0 Å². The summed E-state index contributed by atoms with van der Waals surface area (Å²) in [6.45, 7) is 23.4. The van der Waals surface area contributed by atoms with Gasteiger partial charge < -0.3 is 47.4 Å². The van der Waals surface area contributed by atoms with Gasteiger partial charge in [-0.1, -0.05) is 61.8 Å². The molecule has 0 fully saturated rings. The van der Waals surface area contributed by atoms with Gasteiger partial charge in [0.25, 0.3) is 0 Å². The number of hydrogen-bond donors (Lipinski definition) is 0. The van der Waals surface area contributed by atoms with Crippen LogP contribution in [0.15, 0.2) is 36.4 Å². The lowest BCUT2D eigenvalue weighted by Crippen LogP contribution is -2.78. The molecule has 2 aromatic rings. The Kier molecular flexibility index (Phi) is 15.1. The topological polar surface area (TPSA) is 92.3 Å². The second-order valence-corrected chi connectivity index (χ2v) is 40.7. The van der Waals surface area contributed by atoms with Crippen molar-refractivity contribution >= 4 is 32.7 Å². The first kappa shape index (κ1) is 37.9. The molecule has 0 saturated carbocycles. The summed E-state index contributed by atoms with van der Waals surface area (Å²) >= 11 is 0. The second kappa shape index (κ2) is 18.7. The normalized spacial score (nSPS) is 19.4. The fourth-order valence-corrected chi connectivity index (χ4v) is 37.3. The number of hydrogen-bond acceptors (Lipinski definition) is 10. The van der Waals surface area contributed by atoms with Crippen LogP contribution in [0.3, 0.4) is 0 Å². The summed E-state index contributed by atoms with van der Waals surface area (Å²) < 4.78 is 58.7. The standard InChI is InChI=1S/C34H56O10Si3/c1-45(2,29-7-9-31-33(27-29)43-25-21-39-17-13-35-11-15-37-19-23-41-31)47(5,6)46(3,4)30-8-10-32-34(28-30)44-26-22-40-18-14-36-12-16-38-20-24-42-32/h7-10,27-28H,11-26H2,1-6H3. The molecule has 0 amide bonds. The van der Waals surface area contributed by atoms with Crippen LogP contribution in [0.5, 0.6) is 23.0 Å². The second-order valence-electron chi connectivity index (χ2n) is 13.3. The highest BCUT2D eigenvalue weighted by molar-refractivity contribution is 7.73. The SMILES string of the molecule is C[Si](C)(c1ccc2c(c1)OCCOCCOCCOCCO2)[Si](C)(C)[Si](C)(C)c1ccc2c(c1)OCCOCCOCCOCCO2. The van der Waals surface area contributed by atoms with Gasteiger partial charge >= 0.3 is 0 Å². The zero-order valence-electron chi connectivity index (χ0n) is 29.4. The molecule has 47 heavy (non-hydrogen) atoms. The maximum Gasteiger partial charge on any atom is 0.161 e. The summed E-state index contributed by atoms with van der Waals surface area (Å²) in [4.78, 5) is 0. The van der Waals surface area contributed by atoms with Crippen LogP contribution in [-0.4, -0.2) is 128 Å². The van der Waals surface area contributed by atoms with E-state index in [4.69, 9.17) is 47.4 Å². The van der Waals surface area contributed by atoms with Crippen molar-refractivity contribution in [3.8, 4) is 23.0 Å².